The Labute approximate surface area is 111 Å². The molecule has 0 saturated heterocycles. The molecule has 0 unspecified atom stereocenters. The van der Waals surface area contributed by atoms with Crippen LogP contribution in [0.25, 0.3) is 41.7 Å². The molecule has 2 aromatic heterocycles. The van der Waals surface area contributed by atoms with Crippen LogP contribution in [-0.4, -0.2) is 0 Å². The van der Waals surface area contributed by atoms with Crippen molar-refractivity contribution in [2.24, 2.45) is 0 Å². The molecule has 18 heavy (non-hydrogen) atoms. The summed E-state index contributed by atoms with van der Waals surface area (Å²) in [7, 11) is 0. The van der Waals surface area contributed by atoms with Gasteiger partial charge in [-0.05, 0) is 22.9 Å². The minimum atomic E-state index is 1.27. The second-order valence-electron chi connectivity index (χ2n) is 4.52. The van der Waals surface area contributed by atoms with Crippen LogP contribution >= 0.6 is 22.7 Å². The Morgan fingerprint density at radius 3 is 1.67 bits per heavy atom. The van der Waals surface area contributed by atoms with Gasteiger partial charge in [0.2, 0.25) is 0 Å². The molecule has 0 bridgehead atoms. The van der Waals surface area contributed by atoms with Gasteiger partial charge in [0, 0.05) is 30.9 Å². The smallest absolute Gasteiger partial charge is 0.0540 e. The van der Waals surface area contributed by atoms with Gasteiger partial charge in [-0.15, -0.1) is 22.7 Å². The zero-order valence-electron chi connectivity index (χ0n) is 9.28. The van der Waals surface area contributed by atoms with Crippen LogP contribution in [0.4, 0.5) is 0 Å². The van der Waals surface area contributed by atoms with Gasteiger partial charge < -0.3 is 0 Å². The Balaban J connectivity index is 2.35. The molecule has 0 nitrogen and oxygen atoms in total. The highest BCUT2D eigenvalue weighted by atomic mass is 32.1. The lowest BCUT2D eigenvalue weighted by atomic mass is 9.97. The number of hydrogen-bond acceptors (Lipinski definition) is 2. The second-order valence-corrected chi connectivity index (χ2v) is 6.21. The average molecular weight is 262 g/mol. The van der Waals surface area contributed by atoms with Crippen LogP contribution in [0.3, 0.4) is 0 Å². The van der Waals surface area contributed by atoms with Crippen LogP contribution in [0.15, 0.2) is 36.4 Å². The Hall–Kier alpha value is -1.64. The number of rotatable bonds is 0. The van der Waals surface area contributed by atoms with Gasteiger partial charge >= 0.3 is 0 Å². The van der Waals surface area contributed by atoms with E-state index >= 15 is 0 Å². The molecule has 0 amide bonds. The minimum Gasteiger partial charge on any atom is -0.134 e. The summed E-state index contributed by atoms with van der Waals surface area (Å²) in [5.41, 5.74) is 0. The van der Waals surface area contributed by atoms with E-state index in [4.69, 9.17) is 0 Å². The molecule has 0 N–H and O–H groups in total. The maximum Gasteiger partial charge on any atom is 0.0540 e. The first-order chi connectivity index (χ1) is 8.93. The van der Waals surface area contributed by atoms with E-state index in [9.17, 15) is 0 Å². The van der Waals surface area contributed by atoms with Crippen molar-refractivity contribution in [1.82, 2.24) is 0 Å². The molecule has 0 aliphatic carbocycles. The molecule has 2 radical (unpaired) electrons. The Morgan fingerprint density at radius 2 is 1.17 bits per heavy atom. The molecular weight excluding hydrogens is 256 g/mol. The summed E-state index contributed by atoms with van der Waals surface area (Å²) in [5, 5.41) is 14.9. The van der Waals surface area contributed by atoms with Crippen molar-refractivity contribution >= 4 is 64.4 Å². The Kier molecular flexibility index (Phi) is 1.56. The van der Waals surface area contributed by atoms with Gasteiger partial charge in [0.15, 0.2) is 0 Å². The largest absolute Gasteiger partial charge is 0.134 e. The molecule has 3 aromatic carbocycles. The first-order valence-electron chi connectivity index (χ1n) is 5.80. The zero-order chi connectivity index (χ0) is 11.7. The number of thiophene rings is 2. The van der Waals surface area contributed by atoms with Crippen molar-refractivity contribution in [3.63, 3.8) is 0 Å². The topological polar surface area (TPSA) is 0 Å². The van der Waals surface area contributed by atoms with Crippen LogP contribution < -0.4 is 0 Å². The molecule has 82 valence electrons. The van der Waals surface area contributed by atoms with Crippen LogP contribution in [0.5, 0.6) is 0 Å². The molecule has 2 heterocycles. The van der Waals surface area contributed by atoms with Gasteiger partial charge in [-0.3, -0.25) is 0 Å². The van der Waals surface area contributed by atoms with Crippen molar-refractivity contribution < 1.29 is 0 Å². The number of benzene rings is 3. The predicted octanol–water partition coefficient (Wildman–Crippen LogP) is 5.46. The fourth-order valence-corrected chi connectivity index (χ4v) is 4.63. The maximum atomic E-state index is 3.48. The van der Waals surface area contributed by atoms with Gasteiger partial charge in [0.05, 0.1) is 10.8 Å². The monoisotopic (exact) mass is 262 g/mol. The van der Waals surface area contributed by atoms with E-state index in [2.05, 4.69) is 47.2 Å². The first kappa shape index (κ1) is 9.31. The maximum absolute atomic E-state index is 3.48. The summed E-state index contributed by atoms with van der Waals surface area (Å²) in [6.45, 7) is 0. The summed E-state index contributed by atoms with van der Waals surface area (Å²) in [6.07, 6.45) is 0. The van der Waals surface area contributed by atoms with Crippen LogP contribution in [0.1, 0.15) is 0 Å². The fourth-order valence-electron chi connectivity index (χ4n) is 2.86. The third-order valence-electron chi connectivity index (χ3n) is 3.62. The summed E-state index contributed by atoms with van der Waals surface area (Å²) in [5.74, 6) is 0. The predicted molar refractivity (Wildman–Crippen MR) is 81.1 cm³/mol. The van der Waals surface area contributed by atoms with Crippen molar-refractivity contribution in [3.8, 4) is 0 Å². The lowest BCUT2D eigenvalue weighted by Crippen LogP contribution is -1.78. The lowest BCUT2D eigenvalue weighted by molar-refractivity contribution is 1.91. The zero-order valence-corrected chi connectivity index (χ0v) is 10.9. The molecule has 0 saturated carbocycles. The summed E-state index contributed by atoms with van der Waals surface area (Å²) >= 11 is 3.43. The van der Waals surface area contributed by atoms with E-state index in [0.717, 1.165) is 0 Å². The average Bonchev–Trinajstić information content (AvgIpc) is 3.01. The highest BCUT2D eigenvalue weighted by molar-refractivity contribution is 7.19. The van der Waals surface area contributed by atoms with Crippen molar-refractivity contribution in [3.05, 3.63) is 47.2 Å². The Bertz CT molecular complexity index is 932. The van der Waals surface area contributed by atoms with Crippen LogP contribution in [0, 0.1) is 10.8 Å². The normalized spacial score (nSPS) is 12.4. The summed E-state index contributed by atoms with van der Waals surface area (Å²) < 4.78 is 2.65. The van der Waals surface area contributed by atoms with Gasteiger partial charge in [-0.2, -0.15) is 0 Å². The Morgan fingerprint density at radius 1 is 0.667 bits per heavy atom. The fraction of sp³-hybridized carbons (Fsp3) is 0. The van der Waals surface area contributed by atoms with Crippen molar-refractivity contribution in [2.45, 2.75) is 0 Å². The number of fused-ring (bicyclic) bond motifs is 2. The molecule has 0 atom stereocenters. The highest BCUT2D eigenvalue weighted by Crippen LogP contribution is 2.43. The molecule has 2 heteroatoms. The summed E-state index contributed by atoms with van der Waals surface area (Å²) in [6, 6.07) is 13.1. The SMILES string of the molecule is [c]1sc2cccc3c4[c]sc5cccc(c1c23)c54. The third-order valence-corrected chi connectivity index (χ3v) is 5.35. The molecule has 0 aliphatic rings. The summed E-state index contributed by atoms with van der Waals surface area (Å²) in [4.78, 5) is 0. The van der Waals surface area contributed by atoms with Gasteiger partial charge in [0.1, 0.15) is 0 Å². The van der Waals surface area contributed by atoms with E-state index in [-0.39, 0.29) is 0 Å². The molecule has 0 aliphatic heterocycles. The van der Waals surface area contributed by atoms with E-state index in [0.29, 0.717) is 0 Å². The molecule has 5 rings (SSSR count). The van der Waals surface area contributed by atoms with Crippen LogP contribution in [0.2, 0.25) is 0 Å². The highest BCUT2D eigenvalue weighted by Gasteiger charge is 2.14. The van der Waals surface area contributed by atoms with Crippen molar-refractivity contribution in [1.29, 1.82) is 0 Å². The van der Waals surface area contributed by atoms with Crippen molar-refractivity contribution in [2.75, 3.05) is 0 Å². The van der Waals surface area contributed by atoms with E-state index in [1.807, 2.05) is 0 Å². The van der Waals surface area contributed by atoms with E-state index in [1.54, 1.807) is 22.7 Å². The molecular formula is C16H6S2. The van der Waals surface area contributed by atoms with E-state index < -0.39 is 0 Å². The van der Waals surface area contributed by atoms with Gasteiger partial charge in [-0.1, -0.05) is 24.3 Å². The quantitative estimate of drug-likeness (QED) is 0.325. The first-order valence-corrected chi connectivity index (χ1v) is 7.44. The van der Waals surface area contributed by atoms with Gasteiger partial charge in [-0.25, -0.2) is 0 Å². The van der Waals surface area contributed by atoms with Crippen LogP contribution in [-0.2, 0) is 0 Å². The third kappa shape index (κ3) is 0.935. The molecule has 5 aromatic rings. The molecule has 0 fully saturated rings. The molecule has 0 spiro atoms. The minimum absolute atomic E-state index is 1.27. The van der Waals surface area contributed by atoms with Gasteiger partial charge in [0.25, 0.3) is 0 Å². The number of hydrogen-bond donors (Lipinski definition) is 0. The van der Waals surface area contributed by atoms with E-state index in [1.165, 1.54) is 41.7 Å². The second kappa shape index (κ2) is 3.02. The standard InChI is InChI=1S/C16H6S2/c1-3-9-11-7-18-14-6-2-4-10(16(11)14)12-8-17-13(5-1)15(9)12/h1-6H. The lowest BCUT2D eigenvalue weighted by Gasteiger charge is -2.04.